The SMILES string of the molecule is COc1cc(/C=C2/N=C(c3cc(I)ccc3Cl)OC2=O)cc(Cl)c1OCc1ccccc1. The third-order valence-electron chi connectivity index (χ3n) is 4.56. The predicted molar refractivity (Wildman–Crippen MR) is 134 cm³/mol. The number of methoxy groups -OCH3 is 1. The first-order valence-corrected chi connectivity index (χ1v) is 11.3. The van der Waals surface area contributed by atoms with E-state index in [-0.39, 0.29) is 11.6 Å². The molecule has 0 aliphatic carbocycles. The van der Waals surface area contributed by atoms with Crippen LogP contribution in [0.1, 0.15) is 16.7 Å². The normalized spacial score (nSPS) is 14.3. The second kappa shape index (κ2) is 9.94. The topological polar surface area (TPSA) is 57.1 Å². The first kappa shape index (κ1) is 22.6. The lowest BCUT2D eigenvalue weighted by Gasteiger charge is -2.13. The average molecular weight is 580 g/mol. The number of benzene rings is 3. The zero-order chi connectivity index (χ0) is 22.7. The molecular formula is C24H16Cl2INO4. The first-order valence-electron chi connectivity index (χ1n) is 9.47. The molecule has 0 saturated carbocycles. The summed E-state index contributed by atoms with van der Waals surface area (Å²) in [6, 6.07) is 18.5. The molecule has 162 valence electrons. The van der Waals surface area contributed by atoms with E-state index in [1.807, 2.05) is 36.4 Å². The van der Waals surface area contributed by atoms with E-state index in [1.165, 1.54) is 7.11 Å². The maximum Gasteiger partial charge on any atom is 0.363 e. The van der Waals surface area contributed by atoms with Gasteiger partial charge in [-0.25, -0.2) is 9.79 Å². The number of ether oxygens (including phenoxy) is 3. The molecule has 32 heavy (non-hydrogen) atoms. The average Bonchev–Trinajstić information content (AvgIpc) is 3.15. The maximum atomic E-state index is 12.4. The summed E-state index contributed by atoms with van der Waals surface area (Å²) in [6.45, 7) is 0.341. The van der Waals surface area contributed by atoms with Gasteiger partial charge in [0.1, 0.15) is 6.61 Å². The quantitative estimate of drug-likeness (QED) is 0.189. The van der Waals surface area contributed by atoms with E-state index in [9.17, 15) is 4.79 Å². The Morgan fingerprint density at radius 2 is 1.84 bits per heavy atom. The Hall–Kier alpha value is -2.55. The fraction of sp³-hybridized carbons (Fsp3) is 0.0833. The molecule has 0 unspecified atom stereocenters. The molecule has 0 aromatic heterocycles. The molecule has 1 heterocycles. The monoisotopic (exact) mass is 579 g/mol. The van der Waals surface area contributed by atoms with Gasteiger partial charge in [-0.2, -0.15) is 0 Å². The maximum absolute atomic E-state index is 12.4. The van der Waals surface area contributed by atoms with Crippen LogP contribution in [-0.2, 0) is 16.1 Å². The number of aliphatic imine (C=N–C) groups is 1. The van der Waals surface area contributed by atoms with Crippen molar-refractivity contribution in [1.82, 2.24) is 0 Å². The Bertz CT molecular complexity index is 1240. The molecular weight excluding hydrogens is 564 g/mol. The van der Waals surface area contributed by atoms with Gasteiger partial charge in [-0.1, -0.05) is 53.5 Å². The highest BCUT2D eigenvalue weighted by molar-refractivity contribution is 14.1. The molecule has 8 heteroatoms. The molecule has 0 fully saturated rings. The molecule has 0 atom stereocenters. The van der Waals surface area contributed by atoms with Crippen LogP contribution in [0.2, 0.25) is 10.0 Å². The first-order chi connectivity index (χ1) is 15.4. The summed E-state index contributed by atoms with van der Waals surface area (Å²) in [5.41, 5.74) is 2.30. The highest BCUT2D eigenvalue weighted by Crippen LogP contribution is 2.38. The van der Waals surface area contributed by atoms with E-state index in [4.69, 9.17) is 37.4 Å². The zero-order valence-electron chi connectivity index (χ0n) is 16.8. The Kier molecular flexibility index (Phi) is 7.03. The number of carbonyl (C=O) groups is 1. The molecule has 4 rings (SSSR count). The largest absolute Gasteiger partial charge is 0.493 e. The van der Waals surface area contributed by atoms with Gasteiger partial charge in [-0.15, -0.1) is 0 Å². The molecule has 0 amide bonds. The smallest absolute Gasteiger partial charge is 0.363 e. The Morgan fingerprint density at radius 3 is 2.59 bits per heavy atom. The molecule has 0 radical (unpaired) electrons. The number of rotatable bonds is 6. The van der Waals surface area contributed by atoms with Gasteiger partial charge in [0.2, 0.25) is 5.90 Å². The van der Waals surface area contributed by atoms with E-state index in [0.717, 1.165) is 9.13 Å². The third-order valence-corrected chi connectivity index (χ3v) is 5.84. The fourth-order valence-electron chi connectivity index (χ4n) is 3.04. The van der Waals surface area contributed by atoms with Crippen molar-refractivity contribution in [2.75, 3.05) is 7.11 Å². The van der Waals surface area contributed by atoms with Crippen LogP contribution in [0.5, 0.6) is 11.5 Å². The minimum absolute atomic E-state index is 0.131. The Morgan fingerprint density at radius 1 is 1.06 bits per heavy atom. The Balaban J connectivity index is 1.62. The van der Waals surface area contributed by atoms with Crippen LogP contribution in [0.15, 0.2) is 71.4 Å². The summed E-state index contributed by atoms with van der Waals surface area (Å²) in [4.78, 5) is 16.7. The van der Waals surface area contributed by atoms with E-state index in [1.54, 1.807) is 30.3 Å². The van der Waals surface area contributed by atoms with E-state index < -0.39 is 5.97 Å². The molecule has 1 aliphatic heterocycles. The van der Waals surface area contributed by atoms with Gasteiger partial charge in [-0.3, -0.25) is 0 Å². The minimum atomic E-state index is -0.575. The number of hydrogen-bond donors (Lipinski definition) is 0. The number of esters is 1. The van der Waals surface area contributed by atoms with Crippen LogP contribution in [0, 0.1) is 3.57 Å². The lowest BCUT2D eigenvalue weighted by Crippen LogP contribution is -2.06. The predicted octanol–water partition coefficient (Wildman–Crippen LogP) is 6.53. The van der Waals surface area contributed by atoms with Crippen molar-refractivity contribution in [2.24, 2.45) is 4.99 Å². The van der Waals surface area contributed by atoms with Crippen molar-refractivity contribution in [3.63, 3.8) is 0 Å². The van der Waals surface area contributed by atoms with Crippen LogP contribution < -0.4 is 9.47 Å². The Labute approximate surface area is 208 Å². The number of carbonyl (C=O) groups excluding carboxylic acids is 1. The number of cyclic esters (lactones) is 1. The minimum Gasteiger partial charge on any atom is -0.493 e. The fourth-order valence-corrected chi connectivity index (χ4v) is 4.00. The highest BCUT2D eigenvalue weighted by Gasteiger charge is 2.26. The summed E-state index contributed by atoms with van der Waals surface area (Å²) < 4.78 is 17.6. The lowest BCUT2D eigenvalue weighted by atomic mass is 10.1. The molecule has 0 N–H and O–H groups in total. The summed E-state index contributed by atoms with van der Waals surface area (Å²) in [5.74, 6) is 0.445. The van der Waals surface area contributed by atoms with Crippen LogP contribution >= 0.6 is 45.8 Å². The second-order valence-electron chi connectivity index (χ2n) is 6.77. The summed E-state index contributed by atoms with van der Waals surface area (Å²) in [5, 5.41) is 0.797. The highest BCUT2D eigenvalue weighted by atomic mass is 127. The van der Waals surface area contributed by atoms with Crippen LogP contribution in [0.25, 0.3) is 6.08 Å². The van der Waals surface area contributed by atoms with Crippen molar-refractivity contribution in [3.8, 4) is 11.5 Å². The standard InChI is InChI=1S/C24H16Cl2INO4/c1-30-21-11-15(9-19(26)22(21)31-13-14-5-3-2-4-6-14)10-20-24(29)32-23(28-20)17-12-16(27)7-8-18(17)25/h2-12H,13H2,1H3/b20-10+. The summed E-state index contributed by atoms with van der Waals surface area (Å²) in [7, 11) is 1.52. The third kappa shape index (κ3) is 5.09. The van der Waals surface area contributed by atoms with Crippen molar-refractivity contribution >= 4 is 63.7 Å². The van der Waals surface area contributed by atoms with Gasteiger partial charge < -0.3 is 14.2 Å². The van der Waals surface area contributed by atoms with Gasteiger partial charge in [0.15, 0.2) is 17.2 Å². The van der Waals surface area contributed by atoms with Crippen LogP contribution in [0.4, 0.5) is 0 Å². The molecule has 0 bridgehead atoms. The van der Waals surface area contributed by atoms with E-state index in [2.05, 4.69) is 27.6 Å². The van der Waals surface area contributed by atoms with Crippen molar-refractivity contribution in [2.45, 2.75) is 6.61 Å². The zero-order valence-corrected chi connectivity index (χ0v) is 20.4. The van der Waals surface area contributed by atoms with Gasteiger partial charge in [0.25, 0.3) is 0 Å². The molecule has 1 aliphatic rings. The van der Waals surface area contributed by atoms with E-state index >= 15 is 0 Å². The van der Waals surface area contributed by atoms with Crippen molar-refractivity contribution < 1.29 is 19.0 Å². The van der Waals surface area contributed by atoms with Crippen LogP contribution in [0.3, 0.4) is 0 Å². The van der Waals surface area contributed by atoms with Gasteiger partial charge in [0.05, 0.1) is 22.7 Å². The summed E-state index contributed by atoms with van der Waals surface area (Å²) in [6.07, 6.45) is 1.58. The number of nitrogens with zero attached hydrogens (tertiary/aromatic N) is 1. The van der Waals surface area contributed by atoms with E-state index in [0.29, 0.717) is 39.3 Å². The summed E-state index contributed by atoms with van der Waals surface area (Å²) >= 11 is 14.9. The van der Waals surface area contributed by atoms with Gasteiger partial charge in [-0.05, 0) is 70.1 Å². The van der Waals surface area contributed by atoms with Crippen LogP contribution in [-0.4, -0.2) is 19.0 Å². The molecule has 5 nitrogen and oxygen atoms in total. The number of halogens is 3. The molecule has 0 spiro atoms. The molecule has 3 aromatic rings. The van der Waals surface area contributed by atoms with Gasteiger partial charge in [0, 0.05) is 3.57 Å². The van der Waals surface area contributed by atoms with Crippen molar-refractivity contribution in [1.29, 1.82) is 0 Å². The van der Waals surface area contributed by atoms with Crippen molar-refractivity contribution in [3.05, 3.63) is 96.7 Å². The molecule has 0 saturated heterocycles. The second-order valence-corrected chi connectivity index (χ2v) is 8.83. The molecule has 3 aromatic carbocycles. The lowest BCUT2D eigenvalue weighted by molar-refractivity contribution is -0.129. The number of hydrogen-bond acceptors (Lipinski definition) is 5. The van der Waals surface area contributed by atoms with Gasteiger partial charge >= 0.3 is 5.97 Å².